The second-order valence-corrected chi connectivity index (χ2v) is 7.69. The monoisotopic (exact) mass is 382 g/mol. The molecule has 1 amide bonds. The van der Waals surface area contributed by atoms with Crippen molar-refractivity contribution in [3.8, 4) is 11.4 Å². The highest BCUT2D eigenvalue weighted by molar-refractivity contribution is 5.82. The summed E-state index contributed by atoms with van der Waals surface area (Å²) in [5.74, 6) is -1.35. The minimum atomic E-state index is -4.66. The highest BCUT2D eigenvalue weighted by Gasteiger charge is 2.39. The Kier molecular flexibility index (Phi) is 4.65. The molecule has 2 aromatic rings. The number of hydrogen-bond donors (Lipinski definition) is 0. The zero-order valence-corrected chi connectivity index (χ0v) is 15.5. The molecule has 9 heteroatoms. The summed E-state index contributed by atoms with van der Waals surface area (Å²) in [7, 11) is 1.93. The zero-order valence-electron chi connectivity index (χ0n) is 15.5. The van der Waals surface area contributed by atoms with E-state index >= 15 is 0 Å². The Bertz CT molecular complexity index is 818. The molecule has 2 heterocycles. The largest absolute Gasteiger partial charge is 0.471 e. The van der Waals surface area contributed by atoms with Gasteiger partial charge in [0.1, 0.15) is 0 Å². The number of likely N-dealkylation sites (tertiary alicyclic amines) is 1. The van der Waals surface area contributed by atoms with Gasteiger partial charge in [-0.25, -0.2) is 0 Å². The van der Waals surface area contributed by atoms with Crippen LogP contribution in [-0.2, 0) is 11.0 Å². The van der Waals surface area contributed by atoms with Gasteiger partial charge in [0.05, 0.1) is 6.04 Å². The average molecular weight is 382 g/mol. The highest BCUT2D eigenvalue weighted by atomic mass is 19.4. The smallest absolute Gasteiger partial charge is 0.368 e. The van der Waals surface area contributed by atoms with E-state index in [0.29, 0.717) is 18.7 Å². The Labute approximate surface area is 154 Å². The van der Waals surface area contributed by atoms with E-state index in [4.69, 9.17) is 0 Å². The molecule has 0 aliphatic carbocycles. The third-order valence-electron chi connectivity index (χ3n) is 4.54. The van der Waals surface area contributed by atoms with Crippen LogP contribution in [0.1, 0.15) is 26.7 Å². The van der Waals surface area contributed by atoms with Gasteiger partial charge < -0.3 is 14.3 Å². The lowest BCUT2D eigenvalue weighted by Crippen LogP contribution is -2.62. The molecule has 1 aromatic carbocycles. The van der Waals surface area contributed by atoms with E-state index in [0.717, 1.165) is 5.69 Å². The zero-order chi connectivity index (χ0) is 20.0. The molecule has 0 saturated carbocycles. The third kappa shape index (κ3) is 3.91. The molecule has 1 aliphatic heterocycles. The minimum absolute atomic E-state index is 0.109. The van der Waals surface area contributed by atoms with Gasteiger partial charge in [-0.15, -0.1) is 0 Å². The standard InChI is InChI=1S/C18H21F3N4O2/c1-17(2,3)16(26)25-9-13(10-25)24(4)12-7-5-11(6-8-12)14-22-15(27-23-14)18(19,20)21/h5-8,13H,9-10H2,1-4H3. The fraction of sp³-hybridized carbons (Fsp3) is 0.500. The molecule has 0 unspecified atom stereocenters. The van der Waals surface area contributed by atoms with Crippen LogP contribution in [0.2, 0.25) is 0 Å². The second kappa shape index (κ2) is 6.54. The fourth-order valence-corrected chi connectivity index (χ4v) is 2.85. The molecule has 0 atom stereocenters. The number of alkyl halides is 3. The summed E-state index contributed by atoms with van der Waals surface area (Å²) < 4.78 is 41.9. The third-order valence-corrected chi connectivity index (χ3v) is 4.54. The average Bonchev–Trinajstić information content (AvgIpc) is 3.02. The van der Waals surface area contributed by atoms with Crippen molar-refractivity contribution in [2.24, 2.45) is 5.41 Å². The number of rotatable bonds is 3. The van der Waals surface area contributed by atoms with Crippen LogP contribution in [0.3, 0.4) is 0 Å². The van der Waals surface area contributed by atoms with Gasteiger partial charge >= 0.3 is 12.1 Å². The van der Waals surface area contributed by atoms with E-state index < -0.39 is 17.5 Å². The van der Waals surface area contributed by atoms with Gasteiger partial charge in [-0.05, 0) is 24.3 Å². The van der Waals surface area contributed by atoms with E-state index in [9.17, 15) is 18.0 Å². The van der Waals surface area contributed by atoms with Crippen LogP contribution in [0, 0.1) is 5.41 Å². The van der Waals surface area contributed by atoms with Gasteiger partial charge in [-0.2, -0.15) is 18.2 Å². The van der Waals surface area contributed by atoms with Crippen LogP contribution in [0.4, 0.5) is 18.9 Å². The second-order valence-electron chi connectivity index (χ2n) is 7.69. The van der Waals surface area contributed by atoms with Crippen molar-refractivity contribution in [1.82, 2.24) is 15.0 Å². The molecule has 146 valence electrons. The molecule has 1 saturated heterocycles. The van der Waals surface area contributed by atoms with Crippen molar-refractivity contribution in [2.75, 3.05) is 25.0 Å². The molecule has 1 aliphatic rings. The van der Waals surface area contributed by atoms with E-state index in [1.54, 1.807) is 24.3 Å². The van der Waals surface area contributed by atoms with Crippen LogP contribution in [0.15, 0.2) is 28.8 Å². The van der Waals surface area contributed by atoms with Gasteiger partial charge in [-0.3, -0.25) is 4.79 Å². The van der Waals surface area contributed by atoms with Gasteiger partial charge in [0.25, 0.3) is 0 Å². The number of hydrogen-bond acceptors (Lipinski definition) is 5. The van der Waals surface area contributed by atoms with Crippen molar-refractivity contribution in [2.45, 2.75) is 33.0 Å². The number of carbonyl (C=O) groups is 1. The number of halogens is 3. The predicted octanol–water partition coefficient (Wildman–Crippen LogP) is 3.45. The lowest BCUT2D eigenvalue weighted by molar-refractivity contribution is -0.159. The van der Waals surface area contributed by atoms with Crippen molar-refractivity contribution >= 4 is 11.6 Å². The maximum absolute atomic E-state index is 12.6. The molecule has 0 radical (unpaired) electrons. The number of likely N-dealkylation sites (N-methyl/N-ethyl adjacent to an activating group) is 1. The normalized spacial score (nSPS) is 15.6. The Hall–Kier alpha value is -2.58. The molecule has 27 heavy (non-hydrogen) atoms. The Morgan fingerprint density at radius 1 is 1.19 bits per heavy atom. The van der Waals surface area contributed by atoms with E-state index in [1.807, 2.05) is 37.6 Å². The summed E-state index contributed by atoms with van der Waals surface area (Å²) in [5.41, 5.74) is 0.932. The summed E-state index contributed by atoms with van der Waals surface area (Å²) >= 11 is 0. The molecule has 0 bridgehead atoms. The summed E-state index contributed by atoms with van der Waals surface area (Å²) in [6.07, 6.45) is -4.66. The summed E-state index contributed by atoms with van der Waals surface area (Å²) in [6, 6.07) is 7.06. The summed E-state index contributed by atoms with van der Waals surface area (Å²) in [6.45, 7) is 6.98. The molecule has 6 nitrogen and oxygen atoms in total. The van der Waals surface area contributed by atoms with Crippen LogP contribution >= 0.6 is 0 Å². The molecule has 1 aromatic heterocycles. The number of carbonyl (C=O) groups excluding carboxylic acids is 1. The van der Waals surface area contributed by atoms with E-state index in [-0.39, 0.29) is 17.8 Å². The first-order valence-electron chi connectivity index (χ1n) is 8.50. The lowest BCUT2D eigenvalue weighted by Gasteiger charge is -2.46. The highest BCUT2D eigenvalue weighted by Crippen LogP contribution is 2.30. The Morgan fingerprint density at radius 3 is 2.26 bits per heavy atom. The maximum atomic E-state index is 12.6. The van der Waals surface area contributed by atoms with Gasteiger partial charge in [-0.1, -0.05) is 25.9 Å². The number of amides is 1. The lowest BCUT2D eigenvalue weighted by atomic mass is 9.92. The number of aromatic nitrogens is 2. The quantitative estimate of drug-likeness (QED) is 0.814. The van der Waals surface area contributed by atoms with Crippen LogP contribution in [-0.4, -0.2) is 47.1 Å². The van der Waals surface area contributed by atoms with Gasteiger partial charge in [0.15, 0.2) is 0 Å². The number of nitrogens with zero attached hydrogens (tertiary/aromatic N) is 4. The molecule has 3 rings (SSSR count). The molecule has 1 fully saturated rings. The minimum Gasteiger partial charge on any atom is -0.368 e. The maximum Gasteiger partial charge on any atom is 0.471 e. The topological polar surface area (TPSA) is 62.5 Å². The Morgan fingerprint density at radius 2 is 1.78 bits per heavy atom. The number of benzene rings is 1. The SMILES string of the molecule is CN(c1ccc(-c2noc(C(F)(F)F)n2)cc1)C1CN(C(=O)C(C)(C)C)C1. The van der Waals surface area contributed by atoms with Gasteiger partial charge in [0, 0.05) is 36.8 Å². The van der Waals surface area contributed by atoms with Crippen LogP contribution in [0.25, 0.3) is 11.4 Å². The molecular weight excluding hydrogens is 361 g/mol. The van der Waals surface area contributed by atoms with Crippen molar-refractivity contribution in [3.05, 3.63) is 30.2 Å². The van der Waals surface area contributed by atoms with Crippen molar-refractivity contribution in [3.63, 3.8) is 0 Å². The predicted molar refractivity (Wildman–Crippen MR) is 93.0 cm³/mol. The van der Waals surface area contributed by atoms with Crippen LogP contribution in [0.5, 0.6) is 0 Å². The van der Waals surface area contributed by atoms with Gasteiger partial charge in [0.2, 0.25) is 11.7 Å². The first-order chi connectivity index (χ1) is 12.5. The van der Waals surface area contributed by atoms with Crippen molar-refractivity contribution in [1.29, 1.82) is 0 Å². The van der Waals surface area contributed by atoms with Crippen LogP contribution < -0.4 is 4.90 Å². The molecular formula is C18H21F3N4O2. The summed E-state index contributed by atoms with van der Waals surface area (Å²) in [4.78, 5) is 19.5. The van der Waals surface area contributed by atoms with Crippen molar-refractivity contribution < 1.29 is 22.5 Å². The fourth-order valence-electron chi connectivity index (χ4n) is 2.85. The molecule has 0 spiro atoms. The first-order valence-corrected chi connectivity index (χ1v) is 8.50. The first kappa shape index (κ1) is 19.2. The summed E-state index contributed by atoms with van der Waals surface area (Å²) in [5, 5.41) is 3.38. The Balaban J connectivity index is 1.64. The number of anilines is 1. The van der Waals surface area contributed by atoms with E-state index in [2.05, 4.69) is 14.7 Å². The molecule has 0 N–H and O–H groups in total. The van der Waals surface area contributed by atoms with E-state index in [1.165, 1.54) is 0 Å².